The van der Waals surface area contributed by atoms with E-state index in [2.05, 4.69) is 26.6 Å². The van der Waals surface area contributed by atoms with Gasteiger partial charge in [-0.05, 0) is 41.4 Å². The predicted octanol–water partition coefficient (Wildman–Crippen LogP) is 2.52. The summed E-state index contributed by atoms with van der Waals surface area (Å²) < 4.78 is 13.5. The number of hydrogen-bond acceptors (Lipinski definition) is 4. The molecule has 0 radical (unpaired) electrons. The van der Waals surface area contributed by atoms with Gasteiger partial charge in [-0.2, -0.15) is 0 Å². The molecule has 0 bridgehead atoms. The minimum absolute atomic E-state index is 0.0993. The van der Waals surface area contributed by atoms with Gasteiger partial charge in [0, 0.05) is 18.7 Å². The summed E-state index contributed by atoms with van der Waals surface area (Å²) in [5.41, 5.74) is 0.113. The van der Waals surface area contributed by atoms with E-state index in [1.54, 1.807) is 0 Å². The fourth-order valence-corrected chi connectivity index (χ4v) is 2.30. The van der Waals surface area contributed by atoms with E-state index in [1.165, 1.54) is 6.07 Å². The quantitative estimate of drug-likeness (QED) is 0.661. The van der Waals surface area contributed by atoms with Gasteiger partial charge in [-0.3, -0.25) is 10.1 Å². The average molecular weight is 318 g/mol. The summed E-state index contributed by atoms with van der Waals surface area (Å²) in [5, 5.41) is 17.1. The van der Waals surface area contributed by atoms with E-state index in [0.29, 0.717) is 12.5 Å². The fourth-order valence-electron chi connectivity index (χ4n) is 1.97. The first-order chi connectivity index (χ1) is 8.58. The number of nitrogens with zero attached hydrogens (tertiary/aromatic N) is 1. The van der Waals surface area contributed by atoms with Gasteiger partial charge in [0.1, 0.15) is 11.5 Å². The average Bonchev–Trinajstić information content (AvgIpc) is 2.83. The van der Waals surface area contributed by atoms with Gasteiger partial charge in [0.2, 0.25) is 0 Å². The van der Waals surface area contributed by atoms with Crippen LogP contribution in [0.3, 0.4) is 0 Å². The summed E-state index contributed by atoms with van der Waals surface area (Å²) in [6.45, 7) is 2.46. The molecule has 1 aromatic carbocycles. The highest BCUT2D eigenvalue weighted by Crippen LogP contribution is 2.30. The maximum Gasteiger partial charge on any atom is 0.293 e. The Hall–Kier alpha value is -1.21. The molecule has 2 rings (SSSR count). The van der Waals surface area contributed by atoms with Crippen LogP contribution >= 0.6 is 15.9 Å². The van der Waals surface area contributed by atoms with Crippen molar-refractivity contribution in [1.82, 2.24) is 5.32 Å². The van der Waals surface area contributed by atoms with Crippen LogP contribution in [0.5, 0.6) is 0 Å². The summed E-state index contributed by atoms with van der Waals surface area (Å²) in [5.74, 6) is -0.0797. The number of nitro benzene ring substituents is 1. The number of nitro groups is 1. The van der Waals surface area contributed by atoms with E-state index >= 15 is 0 Å². The molecule has 1 unspecified atom stereocenters. The highest BCUT2D eigenvalue weighted by molar-refractivity contribution is 9.10. The van der Waals surface area contributed by atoms with Crippen LogP contribution in [0.2, 0.25) is 0 Å². The van der Waals surface area contributed by atoms with Crippen molar-refractivity contribution in [3.05, 3.63) is 32.5 Å². The number of nitrogens with one attached hydrogen (secondary N) is 2. The molecule has 1 aliphatic heterocycles. The van der Waals surface area contributed by atoms with Gasteiger partial charge in [0.25, 0.3) is 5.69 Å². The molecule has 1 heterocycles. The van der Waals surface area contributed by atoms with Crippen molar-refractivity contribution < 1.29 is 9.31 Å². The Labute approximate surface area is 112 Å². The minimum atomic E-state index is -0.514. The number of benzene rings is 1. The van der Waals surface area contributed by atoms with Gasteiger partial charge in [0.15, 0.2) is 0 Å². The second-order valence-corrected chi connectivity index (χ2v) is 5.13. The van der Waals surface area contributed by atoms with Crippen molar-refractivity contribution in [1.29, 1.82) is 0 Å². The summed E-state index contributed by atoms with van der Waals surface area (Å²) in [4.78, 5) is 10.4. The highest BCUT2D eigenvalue weighted by atomic mass is 79.9. The van der Waals surface area contributed by atoms with Gasteiger partial charge < -0.3 is 10.6 Å². The van der Waals surface area contributed by atoms with E-state index < -0.39 is 10.7 Å². The molecule has 0 aromatic heterocycles. The molecule has 1 fully saturated rings. The van der Waals surface area contributed by atoms with Crippen LogP contribution in [0.1, 0.15) is 6.42 Å². The molecule has 18 heavy (non-hydrogen) atoms. The van der Waals surface area contributed by atoms with Crippen molar-refractivity contribution in [3.63, 3.8) is 0 Å². The predicted molar refractivity (Wildman–Crippen MR) is 70.2 cm³/mol. The second-order valence-electron chi connectivity index (χ2n) is 4.28. The van der Waals surface area contributed by atoms with Gasteiger partial charge >= 0.3 is 0 Å². The molecular weight excluding hydrogens is 305 g/mol. The van der Waals surface area contributed by atoms with Crippen molar-refractivity contribution in [2.75, 3.05) is 25.0 Å². The Bertz CT molecular complexity index is 464. The third-order valence-electron chi connectivity index (χ3n) is 2.98. The lowest BCUT2D eigenvalue weighted by Gasteiger charge is -2.12. The van der Waals surface area contributed by atoms with Gasteiger partial charge in [-0.1, -0.05) is 0 Å². The molecule has 1 aliphatic rings. The van der Waals surface area contributed by atoms with Gasteiger partial charge in [-0.15, -0.1) is 0 Å². The van der Waals surface area contributed by atoms with Crippen LogP contribution in [0.25, 0.3) is 0 Å². The normalized spacial score (nSPS) is 18.9. The van der Waals surface area contributed by atoms with Crippen LogP contribution in [0, 0.1) is 21.8 Å². The Morgan fingerprint density at radius 1 is 1.61 bits per heavy atom. The Balaban J connectivity index is 2.14. The smallest absolute Gasteiger partial charge is 0.293 e. The number of anilines is 1. The SMILES string of the molecule is O=[N+]([O-])c1cc(Br)c(F)cc1NCC1CCNC1. The number of halogens is 2. The number of rotatable bonds is 4. The molecule has 0 amide bonds. The van der Waals surface area contributed by atoms with Crippen molar-refractivity contribution in [3.8, 4) is 0 Å². The lowest BCUT2D eigenvalue weighted by molar-refractivity contribution is -0.384. The molecule has 0 spiro atoms. The zero-order valence-electron chi connectivity index (χ0n) is 9.58. The first kappa shape index (κ1) is 13.2. The van der Waals surface area contributed by atoms with Gasteiger partial charge in [-0.25, -0.2) is 4.39 Å². The zero-order chi connectivity index (χ0) is 13.1. The van der Waals surface area contributed by atoms with Crippen molar-refractivity contribution >= 4 is 27.3 Å². The van der Waals surface area contributed by atoms with E-state index in [1.807, 2.05) is 0 Å². The fraction of sp³-hybridized carbons (Fsp3) is 0.455. The minimum Gasteiger partial charge on any atom is -0.379 e. The summed E-state index contributed by atoms with van der Waals surface area (Å²) >= 11 is 2.95. The molecule has 98 valence electrons. The maximum atomic E-state index is 13.4. The first-order valence-corrected chi connectivity index (χ1v) is 6.45. The van der Waals surface area contributed by atoms with Crippen LogP contribution in [-0.4, -0.2) is 24.6 Å². The van der Waals surface area contributed by atoms with Crippen molar-refractivity contribution in [2.45, 2.75) is 6.42 Å². The standard InChI is InChI=1S/C11H13BrFN3O2/c12-8-3-11(16(17)18)10(4-9(8)13)15-6-7-1-2-14-5-7/h3-4,7,14-15H,1-2,5-6H2. The van der Waals surface area contributed by atoms with Crippen LogP contribution in [0.15, 0.2) is 16.6 Å². The van der Waals surface area contributed by atoms with E-state index in [4.69, 9.17) is 0 Å². The lowest BCUT2D eigenvalue weighted by atomic mass is 10.1. The van der Waals surface area contributed by atoms with Crippen LogP contribution in [-0.2, 0) is 0 Å². The Morgan fingerprint density at radius 3 is 3.00 bits per heavy atom. The molecule has 0 aliphatic carbocycles. The third-order valence-corrected chi connectivity index (χ3v) is 3.59. The molecule has 1 aromatic rings. The van der Waals surface area contributed by atoms with E-state index in [0.717, 1.165) is 25.6 Å². The monoisotopic (exact) mass is 317 g/mol. The first-order valence-electron chi connectivity index (χ1n) is 5.66. The second kappa shape index (κ2) is 5.62. The largest absolute Gasteiger partial charge is 0.379 e. The number of hydrogen-bond donors (Lipinski definition) is 2. The highest BCUT2D eigenvalue weighted by Gasteiger charge is 2.19. The molecule has 5 nitrogen and oxygen atoms in total. The molecule has 7 heteroatoms. The third kappa shape index (κ3) is 2.97. The molecule has 0 saturated carbocycles. The Morgan fingerprint density at radius 2 is 2.39 bits per heavy atom. The lowest BCUT2D eigenvalue weighted by Crippen LogP contribution is -2.17. The zero-order valence-corrected chi connectivity index (χ0v) is 11.2. The summed E-state index contributed by atoms with van der Waals surface area (Å²) in [6.07, 6.45) is 1.03. The van der Waals surface area contributed by atoms with E-state index in [9.17, 15) is 14.5 Å². The maximum absolute atomic E-state index is 13.4. The van der Waals surface area contributed by atoms with Crippen LogP contribution in [0.4, 0.5) is 15.8 Å². The molecule has 1 saturated heterocycles. The molecule has 1 atom stereocenters. The topological polar surface area (TPSA) is 67.2 Å². The van der Waals surface area contributed by atoms with Crippen molar-refractivity contribution in [2.24, 2.45) is 5.92 Å². The Kier molecular flexibility index (Phi) is 4.13. The summed E-state index contributed by atoms with van der Waals surface area (Å²) in [6, 6.07) is 2.34. The van der Waals surface area contributed by atoms with Crippen LogP contribution < -0.4 is 10.6 Å². The molecular formula is C11H13BrFN3O2. The summed E-state index contributed by atoms with van der Waals surface area (Å²) in [7, 11) is 0. The molecule has 2 N–H and O–H groups in total. The van der Waals surface area contributed by atoms with E-state index in [-0.39, 0.29) is 15.8 Å². The van der Waals surface area contributed by atoms with Gasteiger partial charge in [0.05, 0.1) is 9.40 Å².